The summed E-state index contributed by atoms with van der Waals surface area (Å²) < 4.78 is 29.0. The van der Waals surface area contributed by atoms with Gasteiger partial charge in [0.1, 0.15) is 10.7 Å². The van der Waals surface area contributed by atoms with Crippen LogP contribution >= 0.6 is 11.6 Å². The summed E-state index contributed by atoms with van der Waals surface area (Å²) >= 11 is 6.03. The Morgan fingerprint density at radius 2 is 2.05 bits per heavy atom. The van der Waals surface area contributed by atoms with Crippen LogP contribution in [0.2, 0.25) is 5.02 Å². The summed E-state index contributed by atoms with van der Waals surface area (Å²) in [5.74, 6) is 0.375. The van der Waals surface area contributed by atoms with Gasteiger partial charge < -0.3 is 5.73 Å². The number of aromatic nitrogens is 2. The van der Waals surface area contributed by atoms with Crippen molar-refractivity contribution in [1.82, 2.24) is 9.78 Å². The van der Waals surface area contributed by atoms with Crippen molar-refractivity contribution in [2.45, 2.75) is 31.7 Å². The monoisotopic (exact) mass is 328 g/mol. The first-order chi connectivity index (χ1) is 9.72. The maximum absolute atomic E-state index is 12.5. The van der Waals surface area contributed by atoms with Crippen LogP contribution in [0.1, 0.15) is 25.5 Å². The molecule has 0 saturated heterocycles. The minimum atomic E-state index is -3.83. The number of halogens is 1. The van der Waals surface area contributed by atoms with Gasteiger partial charge in [0.15, 0.2) is 0 Å². The molecular weight excluding hydrogens is 312 g/mol. The lowest BCUT2D eigenvalue weighted by Crippen LogP contribution is -2.18. The molecule has 0 aliphatic carbocycles. The quantitative estimate of drug-likeness (QED) is 0.844. The maximum Gasteiger partial charge on any atom is 0.264 e. The highest BCUT2D eigenvalue weighted by atomic mass is 35.5. The average Bonchev–Trinajstić information content (AvgIpc) is 2.81. The van der Waals surface area contributed by atoms with Crippen molar-refractivity contribution in [3.63, 3.8) is 0 Å². The van der Waals surface area contributed by atoms with E-state index < -0.39 is 10.0 Å². The lowest BCUT2D eigenvalue weighted by Gasteiger charge is -2.14. The van der Waals surface area contributed by atoms with Crippen LogP contribution in [0.5, 0.6) is 0 Å². The van der Waals surface area contributed by atoms with E-state index in [1.807, 2.05) is 13.8 Å². The Bertz CT molecular complexity index is 768. The zero-order valence-corrected chi connectivity index (χ0v) is 13.5. The summed E-state index contributed by atoms with van der Waals surface area (Å²) in [4.78, 5) is -0.0521. The Kier molecular flexibility index (Phi) is 4.15. The van der Waals surface area contributed by atoms with E-state index in [1.165, 1.54) is 18.3 Å². The van der Waals surface area contributed by atoms with E-state index in [-0.39, 0.29) is 16.0 Å². The third kappa shape index (κ3) is 3.14. The summed E-state index contributed by atoms with van der Waals surface area (Å²) in [5, 5.41) is 4.21. The summed E-state index contributed by atoms with van der Waals surface area (Å²) in [7, 11) is -3.83. The van der Waals surface area contributed by atoms with Crippen LogP contribution in [0.15, 0.2) is 29.3 Å². The van der Waals surface area contributed by atoms with Gasteiger partial charge in [0.25, 0.3) is 10.0 Å². The van der Waals surface area contributed by atoms with Crippen LogP contribution < -0.4 is 10.5 Å². The first-order valence-electron chi connectivity index (χ1n) is 6.34. The molecule has 6 nitrogen and oxygen atoms in total. The van der Waals surface area contributed by atoms with Crippen LogP contribution in [0.25, 0.3) is 0 Å². The number of benzene rings is 1. The van der Waals surface area contributed by atoms with Crippen molar-refractivity contribution >= 4 is 33.1 Å². The summed E-state index contributed by atoms with van der Waals surface area (Å²) in [5.41, 5.74) is 6.87. The van der Waals surface area contributed by atoms with E-state index >= 15 is 0 Å². The molecule has 1 heterocycles. The lowest BCUT2D eigenvalue weighted by molar-refractivity contribution is 0.539. The van der Waals surface area contributed by atoms with Gasteiger partial charge in [0.05, 0.1) is 11.2 Å². The largest absolute Gasteiger partial charge is 0.398 e. The number of nitrogen functional groups attached to an aromatic ring is 1. The molecule has 0 aliphatic rings. The number of hydrogen-bond acceptors (Lipinski definition) is 4. The van der Waals surface area contributed by atoms with Gasteiger partial charge >= 0.3 is 0 Å². The number of nitrogens with zero attached hydrogens (tertiary/aromatic N) is 2. The van der Waals surface area contributed by atoms with Crippen molar-refractivity contribution in [2.75, 3.05) is 10.5 Å². The predicted octanol–water partition coefficient (Wildman–Crippen LogP) is 2.81. The number of nitrogens with one attached hydrogen (secondary N) is 1. The standard InChI is InChI=1S/C13H17ClN4O2S/c1-8(2)18-13(4-5-16-18)17-21(19,20)12-7-11(15)9(3)6-10(12)14/h4-8,17H,15H2,1-3H3. The van der Waals surface area contributed by atoms with Crippen LogP contribution in [-0.4, -0.2) is 18.2 Å². The van der Waals surface area contributed by atoms with Crippen molar-refractivity contribution in [3.8, 4) is 0 Å². The summed E-state index contributed by atoms with van der Waals surface area (Å²) in [6, 6.07) is 4.50. The Morgan fingerprint density at radius 3 is 2.67 bits per heavy atom. The van der Waals surface area contributed by atoms with E-state index in [4.69, 9.17) is 17.3 Å². The van der Waals surface area contributed by atoms with Gasteiger partial charge in [0, 0.05) is 17.8 Å². The van der Waals surface area contributed by atoms with E-state index in [2.05, 4.69) is 9.82 Å². The zero-order valence-electron chi connectivity index (χ0n) is 12.0. The minimum Gasteiger partial charge on any atom is -0.398 e. The molecule has 0 aliphatic heterocycles. The normalized spacial score (nSPS) is 11.9. The molecule has 3 N–H and O–H groups in total. The molecule has 21 heavy (non-hydrogen) atoms. The fraction of sp³-hybridized carbons (Fsp3) is 0.308. The highest BCUT2D eigenvalue weighted by molar-refractivity contribution is 7.92. The van der Waals surface area contributed by atoms with E-state index in [9.17, 15) is 8.42 Å². The number of anilines is 2. The van der Waals surface area contributed by atoms with Crippen molar-refractivity contribution in [1.29, 1.82) is 0 Å². The van der Waals surface area contributed by atoms with Crippen LogP contribution in [0.3, 0.4) is 0 Å². The topological polar surface area (TPSA) is 90.0 Å². The molecule has 0 amide bonds. The molecule has 0 atom stereocenters. The van der Waals surface area contributed by atoms with E-state index in [0.717, 1.165) is 5.56 Å². The molecule has 1 aromatic heterocycles. The third-order valence-electron chi connectivity index (χ3n) is 3.01. The second-order valence-corrected chi connectivity index (χ2v) is 7.06. The van der Waals surface area contributed by atoms with Gasteiger partial charge in [-0.15, -0.1) is 0 Å². The Balaban J connectivity index is 2.44. The minimum absolute atomic E-state index is 0.0243. The first kappa shape index (κ1) is 15.7. The van der Waals surface area contributed by atoms with Crippen molar-refractivity contribution < 1.29 is 8.42 Å². The Morgan fingerprint density at radius 1 is 1.38 bits per heavy atom. The number of nitrogens with two attached hydrogens (primary N) is 1. The molecule has 0 radical (unpaired) electrons. The second-order valence-electron chi connectivity index (χ2n) is 5.00. The zero-order chi connectivity index (χ0) is 15.8. The molecule has 0 fully saturated rings. The van der Waals surface area contributed by atoms with Crippen LogP contribution in [0, 0.1) is 6.92 Å². The lowest BCUT2D eigenvalue weighted by atomic mass is 10.2. The Labute approximate surface area is 129 Å². The second kappa shape index (κ2) is 5.57. The van der Waals surface area contributed by atoms with Gasteiger partial charge in [-0.05, 0) is 38.5 Å². The molecule has 114 valence electrons. The molecule has 2 rings (SSSR count). The molecule has 0 spiro atoms. The summed E-state index contributed by atoms with van der Waals surface area (Å²) in [6.07, 6.45) is 1.53. The predicted molar refractivity (Wildman–Crippen MR) is 84.0 cm³/mol. The molecule has 0 saturated carbocycles. The summed E-state index contributed by atoms with van der Waals surface area (Å²) in [6.45, 7) is 5.57. The number of aryl methyl sites for hydroxylation is 1. The first-order valence-corrected chi connectivity index (χ1v) is 8.20. The third-order valence-corrected chi connectivity index (χ3v) is 4.83. The molecule has 0 unspecified atom stereocenters. The van der Waals surface area contributed by atoms with Crippen LogP contribution in [-0.2, 0) is 10.0 Å². The average molecular weight is 329 g/mol. The van der Waals surface area contributed by atoms with Gasteiger partial charge in [-0.1, -0.05) is 11.6 Å². The van der Waals surface area contributed by atoms with Crippen molar-refractivity contribution in [3.05, 3.63) is 35.0 Å². The van der Waals surface area contributed by atoms with E-state index in [1.54, 1.807) is 17.7 Å². The molecule has 1 aromatic carbocycles. The molecular formula is C13H17ClN4O2S. The SMILES string of the molecule is Cc1cc(Cl)c(S(=O)(=O)Nc2ccnn2C(C)C)cc1N. The molecule has 8 heteroatoms. The number of hydrogen-bond donors (Lipinski definition) is 2. The smallest absolute Gasteiger partial charge is 0.264 e. The fourth-order valence-electron chi connectivity index (χ4n) is 1.87. The Hall–Kier alpha value is -1.73. The van der Waals surface area contributed by atoms with Gasteiger partial charge in [-0.3, -0.25) is 4.72 Å². The van der Waals surface area contributed by atoms with Gasteiger partial charge in [0.2, 0.25) is 0 Å². The highest BCUT2D eigenvalue weighted by Gasteiger charge is 2.21. The van der Waals surface area contributed by atoms with E-state index in [0.29, 0.717) is 11.5 Å². The van der Waals surface area contributed by atoms with Gasteiger partial charge in [-0.2, -0.15) is 5.10 Å². The fourth-order valence-corrected chi connectivity index (χ4v) is 3.54. The molecule has 0 bridgehead atoms. The van der Waals surface area contributed by atoms with Crippen LogP contribution in [0.4, 0.5) is 11.5 Å². The highest BCUT2D eigenvalue weighted by Crippen LogP contribution is 2.28. The number of rotatable bonds is 4. The maximum atomic E-state index is 12.5. The molecule has 2 aromatic rings. The van der Waals surface area contributed by atoms with Gasteiger partial charge in [-0.25, -0.2) is 13.1 Å². The van der Waals surface area contributed by atoms with Crippen molar-refractivity contribution in [2.24, 2.45) is 0 Å². The number of sulfonamides is 1.